The Morgan fingerprint density at radius 1 is 1.26 bits per heavy atom. The molecule has 2 rings (SSSR count). The zero-order valence-electron chi connectivity index (χ0n) is 11.9. The van der Waals surface area contributed by atoms with E-state index in [0.29, 0.717) is 12.0 Å². The van der Waals surface area contributed by atoms with E-state index in [1.807, 2.05) is 12.1 Å². The van der Waals surface area contributed by atoms with E-state index in [2.05, 4.69) is 27.9 Å². The van der Waals surface area contributed by atoms with Crippen molar-refractivity contribution in [3.05, 3.63) is 51.6 Å². The number of aldehydes is 1. The van der Waals surface area contributed by atoms with Gasteiger partial charge in [-0.05, 0) is 52.3 Å². The largest absolute Gasteiger partial charge is 0.489 e. The summed E-state index contributed by atoms with van der Waals surface area (Å²) in [5.41, 5.74) is 0.667. The predicted octanol–water partition coefficient (Wildman–Crippen LogP) is 0.801. The zero-order valence-corrected chi connectivity index (χ0v) is 14.1. The van der Waals surface area contributed by atoms with Crippen LogP contribution >= 0.6 is 22.6 Å². The van der Waals surface area contributed by atoms with Gasteiger partial charge in [-0.25, -0.2) is 0 Å². The molecule has 6 nitrogen and oxygen atoms in total. The molecule has 0 saturated heterocycles. The summed E-state index contributed by atoms with van der Waals surface area (Å²) in [6, 6.07) is 11.7. The summed E-state index contributed by atoms with van der Waals surface area (Å²) in [7, 11) is -1.79. The smallest absolute Gasteiger partial charge is 0.483 e. The predicted molar refractivity (Wildman–Crippen MR) is 94.9 cm³/mol. The molecule has 0 fully saturated rings. The lowest BCUT2D eigenvalue weighted by Crippen LogP contribution is -2.33. The average molecular weight is 425 g/mol. The van der Waals surface area contributed by atoms with Crippen molar-refractivity contribution in [1.29, 1.82) is 0 Å². The van der Waals surface area contributed by atoms with Crippen LogP contribution in [0.15, 0.2) is 42.5 Å². The van der Waals surface area contributed by atoms with E-state index in [4.69, 9.17) is 4.74 Å². The molecule has 0 spiro atoms. The molecular formula is C15H13BINO5. The van der Waals surface area contributed by atoms with Gasteiger partial charge in [0.05, 0.1) is 5.56 Å². The van der Waals surface area contributed by atoms with Gasteiger partial charge in [0.1, 0.15) is 5.75 Å². The van der Waals surface area contributed by atoms with Crippen LogP contribution in [0.1, 0.15) is 10.4 Å². The molecule has 0 unspecified atom stereocenters. The maximum atomic E-state index is 11.9. The molecule has 0 aromatic heterocycles. The number of carbonyl (C=O) groups is 2. The van der Waals surface area contributed by atoms with Crippen LogP contribution in [-0.2, 0) is 4.79 Å². The van der Waals surface area contributed by atoms with Crippen LogP contribution in [0.4, 0.5) is 5.69 Å². The van der Waals surface area contributed by atoms with E-state index in [9.17, 15) is 19.6 Å². The number of rotatable bonds is 6. The lowest BCUT2D eigenvalue weighted by atomic mass is 9.77. The van der Waals surface area contributed by atoms with Gasteiger partial charge >= 0.3 is 7.12 Å². The molecule has 0 aliphatic rings. The van der Waals surface area contributed by atoms with Gasteiger partial charge in [0.25, 0.3) is 5.91 Å². The van der Waals surface area contributed by atoms with Crippen molar-refractivity contribution >= 4 is 53.1 Å². The van der Waals surface area contributed by atoms with E-state index < -0.39 is 13.0 Å². The van der Waals surface area contributed by atoms with E-state index >= 15 is 0 Å². The van der Waals surface area contributed by atoms with E-state index in [1.165, 1.54) is 18.2 Å². The van der Waals surface area contributed by atoms with Gasteiger partial charge in [-0.3, -0.25) is 9.59 Å². The highest BCUT2D eigenvalue weighted by atomic mass is 127. The first-order chi connectivity index (χ1) is 11.0. The summed E-state index contributed by atoms with van der Waals surface area (Å²) < 4.78 is 6.30. The standard InChI is InChI=1S/C15H13BINO5/c17-10-3-1-4-11(7-10)18-15(20)9-23-14-6-2-5-13(16(21)22)12(14)8-19/h1-8,21-22H,9H2,(H,18,20). The second kappa shape index (κ2) is 8.09. The molecule has 0 atom stereocenters. The number of ether oxygens (including phenoxy) is 1. The minimum atomic E-state index is -1.79. The first-order valence-electron chi connectivity index (χ1n) is 6.63. The highest BCUT2D eigenvalue weighted by Gasteiger charge is 2.19. The van der Waals surface area contributed by atoms with Gasteiger partial charge in [0, 0.05) is 9.26 Å². The average Bonchev–Trinajstić information content (AvgIpc) is 2.52. The van der Waals surface area contributed by atoms with Crippen LogP contribution in [0, 0.1) is 3.57 Å². The SMILES string of the molecule is O=Cc1c(OCC(=O)Nc2cccc(I)c2)cccc1B(O)O. The Hall–Kier alpha value is -1.91. The number of hydrogen-bond donors (Lipinski definition) is 3. The minimum absolute atomic E-state index is 0.00422. The molecule has 0 heterocycles. The van der Waals surface area contributed by atoms with Gasteiger partial charge in [-0.15, -0.1) is 0 Å². The molecule has 0 bridgehead atoms. The first-order valence-corrected chi connectivity index (χ1v) is 7.71. The Morgan fingerprint density at radius 3 is 2.65 bits per heavy atom. The summed E-state index contributed by atoms with van der Waals surface area (Å²) in [4.78, 5) is 23.0. The molecule has 0 aliphatic carbocycles. The monoisotopic (exact) mass is 425 g/mol. The van der Waals surface area contributed by atoms with Crippen molar-refractivity contribution in [1.82, 2.24) is 0 Å². The van der Waals surface area contributed by atoms with Crippen molar-refractivity contribution in [2.45, 2.75) is 0 Å². The van der Waals surface area contributed by atoms with Crippen molar-refractivity contribution in [2.24, 2.45) is 0 Å². The molecule has 8 heteroatoms. The van der Waals surface area contributed by atoms with Crippen LogP contribution in [-0.4, -0.2) is 36.0 Å². The molecule has 1 amide bonds. The maximum absolute atomic E-state index is 11.9. The summed E-state index contributed by atoms with van der Waals surface area (Å²) in [5.74, 6) is -0.276. The van der Waals surface area contributed by atoms with Crippen molar-refractivity contribution in [2.75, 3.05) is 11.9 Å². The van der Waals surface area contributed by atoms with Crippen LogP contribution in [0.25, 0.3) is 0 Å². The number of nitrogens with one attached hydrogen (secondary N) is 1. The topological polar surface area (TPSA) is 95.9 Å². The fraction of sp³-hybridized carbons (Fsp3) is 0.0667. The van der Waals surface area contributed by atoms with Crippen LogP contribution in [0.5, 0.6) is 5.75 Å². The fourth-order valence-corrected chi connectivity index (χ4v) is 2.49. The molecule has 118 valence electrons. The third-order valence-electron chi connectivity index (χ3n) is 2.96. The Morgan fingerprint density at radius 2 is 2.00 bits per heavy atom. The summed E-state index contributed by atoms with van der Waals surface area (Å²) in [6.45, 7) is -0.308. The van der Waals surface area contributed by atoms with Crippen molar-refractivity contribution < 1.29 is 24.4 Å². The number of carbonyl (C=O) groups excluding carboxylic acids is 2. The fourth-order valence-electron chi connectivity index (χ4n) is 1.94. The Labute approximate surface area is 146 Å². The van der Waals surface area contributed by atoms with Crippen LogP contribution < -0.4 is 15.5 Å². The lowest BCUT2D eigenvalue weighted by molar-refractivity contribution is -0.118. The number of amides is 1. The first kappa shape index (κ1) is 17.4. The second-order valence-corrected chi connectivity index (χ2v) is 5.84. The Kier molecular flexibility index (Phi) is 6.14. The minimum Gasteiger partial charge on any atom is -0.483 e. The molecule has 23 heavy (non-hydrogen) atoms. The summed E-state index contributed by atoms with van der Waals surface area (Å²) in [6.07, 6.45) is 0.460. The third-order valence-corrected chi connectivity index (χ3v) is 3.63. The van der Waals surface area contributed by atoms with E-state index in [-0.39, 0.29) is 23.4 Å². The Balaban J connectivity index is 2.04. The van der Waals surface area contributed by atoms with Crippen LogP contribution in [0.3, 0.4) is 0 Å². The second-order valence-electron chi connectivity index (χ2n) is 4.60. The van der Waals surface area contributed by atoms with Gasteiger partial charge < -0.3 is 20.1 Å². The number of hydrogen-bond acceptors (Lipinski definition) is 5. The van der Waals surface area contributed by atoms with Gasteiger partial charge in [-0.2, -0.15) is 0 Å². The zero-order chi connectivity index (χ0) is 16.8. The summed E-state index contributed by atoms with van der Waals surface area (Å²) >= 11 is 2.13. The molecule has 0 saturated carbocycles. The maximum Gasteiger partial charge on any atom is 0.489 e. The van der Waals surface area contributed by atoms with Gasteiger partial charge in [-0.1, -0.05) is 18.2 Å². The number of anilines is 1. The molecule has 2 aromatic carbocycles. The van der Waals surface area contributed by atoms with Crippen molar-refractivity contribution in [3.8, 4) is 5.75 Å². The number of benzene rings is 2. The third kappa shape index (κ3) is 4.78. The van der Waals surface area contributed by atoms with Gasteiger partial charge in [0.15, 0.2) is 12.9 Å². The molecular weight excluding hydrogens is 412 g/mol. The summed E-state index contributed by atoms with van der Waals surface area (Å²) in [5, 5.41) is 21.1. The normalized spacial score (nSPS) is 10.0. The highest BCUT2D eigenvalue weighted by molar-refractivity contribution is 14.1. The van der Waals surface area contributed by atoms with Crippen molar-refractivity contribution in [3.63, 3.8) is 0 Å². The quantitative estimate of drug-likeness (QED) is 0.362. The number of halogens is 1. The van der Waals surface area contributed by atoms with Crippen LogP contribution in [0.2, 0.25) is 0 Å². The Bertz CT molecular complexity index is 723. The highest BCUT2D eigenvalue weighted by Crippen LogP contribution is 2.15. The van der Waals surface area contributed by atoms with Gasteiger partial charge in [0.2, 0.25) is 0 Å². The molecule has 2 aromatic rings. The van der Waals surface area contributed by atoms with E-state index in [1.54, 1.807) is 12.1 Å². The molecule has 0 aliphatic heterocycles. The van der Waals surface area contributed by atoms with E-state index in [0.717, 1.165) is 3.57 Å². The molecule has 3 N–H and O–H groups in total. The lowest BCUT2D eigenvalue weighted by Gasteiger charge is -2.11. The molecule has 0 radical (unpaired) electrons.